The second-order valence-corrected chi connectivity index (χ2v) is 7.77. The van der Waals surface area contributed by atoms with Crippen LogP contribution < -0.4 is 0 Å². The van der Waals surface area contributed by atoms with Crippen LogP contribution in [0.4, 0.5) is 0 Å². The van der Waals surface area contributed by atoms with Gasteiger partial charge in [0, 0.05) is 41.0 Å². The van der Waals surface area contributed by atoms with Crippen molar-refractivity contribution in [2.75, 3.05) is 13.1 Å². The number of hydrogen-bond donors (Lipinski definition) is 0. The molecule has 2 heterocycles. The van der Waals surface area contributed by atoms with Crippen molar-refractivity contribution >= 4 is 27.3 Å². The zero-order chi connectivity index (χ0) is 14.1. The summed E-state index contributed by atoms with van der Waals surface area (Å²) < 4.78 is 1.12. The van der Waals surface area contributed by atoms with Gasteiger partial charge in [0.1, 0.15) is 5.01 Å². The number of hydrogen-bond acceptors (Lipinski definition) is 3. The number of rotatable bonds is 3. The maximum absolute atomic E-state index is 4.84. The third kappa shape index (κ3) is 3.13. The fourth-order valence-corrected chi connectivity index (χ4v) is 4.06. The normalized spacial score (nSPS) is 15.6. The molecule has 0 spiro atoms. The minimum absolute atomic E-state index is 0.732. The zero-order valence-electron chi connectivity index (χ0n) is 11.9. The number of thiazole rings is 1. The lowest BCUT2D eigenvalue weighted by atomic mass is 10.1. The summed E-state index contributed by atoms with van der Waals surface area (Å²) in [7, 11) is 0. The lowest BCUT2D eigenvalue weighted by Gasteiger charge is -2.27. The van der Waals surface area contributed by atoms with Gasteiger partial charge in [0.15, 0.2) is 0 Å². The summed E-state index contributed by atoms with van der Waals surface area (Å²) in [6.45, 7) is 7.98. The summed E-state index contributed by atoms with van der Waals surface area (Å²) in [5.74, 6) is 0.732. The van der Waals surface area contributed by atoms with E-state index < -0.39 is 0 Å². The van der Waals surface area contributed by atoms with Gasteiger partial charge in [-0.25, -0.2) is 4.98 Å². The van der Waals surface area contributed by atoms with Crippen molar-refractivity contribution in [1.82, 2.24) is 9.88 Å². The van der Waals surface area contributed by atoms with Gasteiger partial charge in [-0.2, -0.15) is 0 Å². The highest BCUT2D eigenvalue weighted by molar-refractivity contribution is 9.10. The van der Waals surface area contributed by atoms with E-state index in [4.69, 9.17) is 4.98 Å². The summed E-state index contributed by atoms with van der Waals surface area (Å²) >= 11 is 5.34. The second-order valence-electron chi connectivity index (χ2n) is 5.77. The lowest BCUT2D eigenvalue weighted by molar-refractivity contribution is 0.228. The molecule has 1 aromatic carbocycles. The largest absolute Gasteiger partial charge is 0.298 e. The van der Waals surface area contributed by atoms with Gasteiger partial charge >= 0.3 is 0 Å². The van der Waals surface area contributed by atoms with Crippen LogP contribution in [-0.4, -0.2) is 23.0 Å². The number of fused-ring (bicyclic) bond motifs is 1. The average molecular weight is 351 g/mol. The van der Waals surface area contributed by atoms with E-state index in [0.717, 1.165) is 34.9 Å². The van der Waals surface area contributed by atoms with E-state index in [2.05, 4.69) is 58.9 Å². The van der Waals surface area contributed by atoms with Crippen molar-refractivity contribution in [3.63, 3.8) is 0 Å². The van der Waals surface area contributed by atoms with Crippen LogP contribution in [0.25, 0.3) is 10.6 Å². The number of benzene rings is 1. The Labute approximate surface area is 133 Å². The quantitative estimate of drug-likeness (QED) is 0.804. The summed E-state index contributed by atoms with van der Waals surface area (Å²) in [5.41, 5.74) is 2.54. The van der Waals surface area contributed by atoms with E-state index in [1.807, 2.05) is 11.3 Å². The Morgan fingerprint density at radius 2 is 2.05 bits per heavy atom. The predicted molar refractivity (Wildman–Crippen MR) is 89.1 cm³/mol. The highest BCUT2D eigenvalue weighted by Crippen LogP contribution is 2.32. The Morgan fingerprint density at radius 3 is 2.75 bits per heavy atom. The van der Waals surface area contributed by atoms with Crippen molar-refractivity contribution in [1.29, 1.82) is 0 Å². The lowest BCUT2D eigenvalue weighted by Crippen LogP contribution is -2.32. The molecular formula is C16H19BrN2S. The van der Waals surface area contributed by atoms with Crippen molar-refractivity contribution in [2.45, 2.75) is 26.8 Å². The van der Waals surface area contributed by atoms with Crippen LogP contribution in [0, 0.1) is 5.92 Å². The summed E-state index contributed by atoms with van der Waals surface area (Å²) in [5, 5.41) is 1.16. The molecule has 0 amide bonds. The first-order valence-corrected chi connectivity index (χ1v) is 8.69. The van der Waals surface area contributed by atoms with E-state index in [1.165, 1.54) is 22.7 Å². The summed E-state index contributed by atoms with van der Waals surface area (Å²) in [6, 6.07) is 8.45. The Morgan fingerprint density at radius 1 is 1.30 bits per heavy atom. The van der Waals surface area contributed by atoms with Crippen LogP contribution in [-0.2, 0) is 13.0 Å². The summed E-state index contributed by atoms with van der Waals surface area (Å²) in [4.78, 5) is 8.85. The Bertz CT molecular complexity index is 589. The molecule has 3 rings (SSSR count). The minimum atomic E-state index is 0.732. The standard InChI is InChI=1S/C16H19BrN2S/c1-11(2)9-19-8-7-14-15(10-19)20-16(18-14)12-3-5-13(17)6-4-12/h3-6,11H,7-10H2,1-2H3. The van der Waals surface area contributed by atoms with Crippen molar-refractivity contribution in [3.05, 3.63) is 39.3 Å². The van der Waals surface area contributed by atoms with Gasteiger partial charge in [0.2, 0.25) is 0 Å². The van der Waals surface area contributed by atoms with E-state index in [1.54, 1.807) is 0 Å². The SMILES string of the molecule is CC(C)CN1CCc2nc(-c3ccc(Br)cc3)sc2C1. The predicted octanol–water partition coefficient (Wildman–Crippen LogP) is 4.59. The monoisotopic (exact) mass is 350 g/mol. The number of nitrogens with zero attached hydrogens (tertiary/aromatic N) is 2. The molecule has 0 fully saturated rings. The van der Waals surface area contributed by atoms with E-state index in [-0.39, 0.29) is 0 Å². The molecule has 0 atom stereocenters. The fraction of sp³-hybridized carbons (Fsp3) is 0.438. The third-order valence-electron chi connectivity index (χ3n) is 3.52. The maximum atomic E-state index is 4.84. The molecule has 1 aliphatic rings. The van der Waals surface area contributed by atoms with Crippen molar-refractivity contribution < 1.29 is 0 Å². The van der Waals surface area contributed by atoms with Crippen molar-refractivity contribution in [2.24, 2.45) is 5.92 Å². The van der Waals surface area contributed by atoms with Crippen LogP contribution in [0.5, 0.6) is 0 Å². The molecule has 0 saturated carbocycles. The van der Waals surface area contributed by atoms with Gasteiger partial charge in [-0.1, -0.05) is 41.9 Å². The molecule has 20 heavy (non-hydrogen) atoms. The molecule has 0 N–H and O–H groups in total. The average Bonchev–Trinajstić information content (AvgIpc) is 2.81. The van der Waals surface area contributed by atoms with Crippen LogP contribution in [0.2, 0.25) is 0 Å². The van der Waals surface area contributed by atoms with Crippen molar-refractivity contribution in [3.8, 4) is 10.6 Å². The Hall–Kier alpha value is -0.710. The molecule has 2 aromatic rings. The van der Waals surface area contributed by atoms with E-state index in [9.17, 15) is 0 Å². The van der Waals surface area contributed by atoms with Gasteiger partial charge in [-0.3, -0.25) is 4.90 Å². The fourth-order valence-electron chi connectivity index (χ4n) is 2.64. The molecule has 0 unspecified atom stereocenters. The van der Waals surface area contributed by atoms with Gasteiger partial charge in [0.05, 0.1) is 5.69 Å². The minimum Gasteiger partial charge on any atom is -0.298 e. The van der Waals surface area contributed by atoms with Gasteiger partial charge in [0.25, 0.3) is 0 Å². The molecule has 2 nitrogen and oxygen atoms in total. The molecule has 1 aliphatic heterocycles. The van der Waals surface area contributed by atoms with E-state index >= 15 is 0 Å². The molecule has 0 aliphatic carbocycles. The molecule has 1 aromatic heterocycles. The molecule has 106 valence electrons. The topological polar surface area (TPSA) is 16.1 Å². The number of aromatic nitrogens is 1. The zero-order valence-corrected chi connectivity index (χ0v) is 14.3. The first kappa shape index (κ1) is 14.2. The smallest absolute Gasteiger partial charge is 0.123 e. The van der Waals surface area contributed by atoms with Crippen LogP contribution in [0.1, 0.15) is 24.4 Å². The highest BCUT2D eigenvalue weighted by Gasteiger charge is 2.21. The Balaban J connectivity index is 1.81. The van der Waals surface area contributed by atoms with Gasteiger partial charge < -0.3 is 0 Å². The second kappa shape index (κ2) is 5.96. The molecular weight excluding hydrogens is 332 g/mol. The van der Waals surface area contributed by atoms with Gasteiger partial charge in [-0.05, 0) is 18.1 Å². The third-order valence-corrected chi connectivity index (χ3v) is 5.18. The first-order valence-electron chi connectivity index (χ1n) is 7.08. The van der Waals surface area contributed by atoms with Gasteiger partial charge in [-0.15, -0.1) is 11.3 Å². The molecule has 0 saturated heterocycles. The van der Waals surface area contributed by atoms with Crippen LogP contribution in [0.15, 0.2) is 28.7 Å². The number of halogens is 1. The molecule has 0 bridgehead atoms. The molecule has 0 radical (unpaired) electrons. The van der Waals surface area contributed by atoms with Crippen LogP contribution in [0.3, 0.4) is 0 Å². The maximum Gasteiger partial charge on any atom is 0.123 e. The van der Waals surface area contributed by atoms with E-state index in [0.29, 0.717) is 0 Å². The van der Waals surface area contributed by atoms with Crippen LogP contribution >= 0.6 is 27.3 Å². The highest BCUT2D eigenvalue weighted by atomic mass is 79.9. The summed E-state index contributed by atoms with van der Waals surface area (Å²) in [6.07, 6.45) is 1.09. The molecule has 4 heteroatoms. The Kier molecular flexibility index (Phi) is 4.24. The first-order chi connectivity index (χ1) is 9.61.